The van der Waals surface area contributed by atoms with Gasteiger partial charge in [0.25, 0.3) is 0 Å². The van der Waals surface area contributed by atoms with Gasteiger partial charge in [0.2, 0.25) is 0 Å². The van der Waals surface area contributed by atoms with Gasteiger partial charge >= 0.3 is 0 Å². The van der Waals surface area contributed by atoms with Gasteiger partial charge in [-0.05, 0) is 39.0 Å². The molecule has 0 fully saturated rings. The van der Waals surface area contributed by atoms with Crippen molar-refractivity contribution in [3.63, 3.8) is 0 Å². The van der Waals surface area contributed by atoms with Crippen LogP contribution in [-0.2, 0) is 0 Å². The number of carbonyl (C=O) groups excluding carboxylic acids is 1. The highest BCUT2D eigenvalue weighted by Gasteiger charge is 2.15. The van der Waals surface area contributed by atoms with Gasteiger partial charge in [-0.15, -0.1) is 11.8 Å². The second-order valence-corrected chi connectivity index (χ2v) is 6.39. The van der Waals surface area contributed by atoms with E-state index in [0.717, 1.165) is 11.1 Å². The normalized spacial score (nSPS) is 11.6. The first-order valence-corrected chi connectivity index (χ1v) is 7.98. The monoisotopic (exact) mass is 274 g/mol. The van der Waals surface area contributed by atoms with Crippen LogP contribution in [-0.4, -0.2) is 17.9 Å². The molecule has 0 aliphatic rings. The molecule has 16 heavy (non-hydrogen) atoms. The van der Waals surface area contributed by atoms with Gasteiger partial charge in [-0.3, -0.25) is 4.79 Å². The molecule has 1 nitrogen and oxygen atoms in total. The summed E-state index contributed by atoms with van der Waals surface area (Å²) in [7, 11) is 0.323. The maximum Gasteiger partial charge on any atom is 0.183 e. The molecule has 0 saturated carbocycles. The molecule has 1 unspecified atom stereocenters. The molecule has 4 heteroatoms. The Labute approximate surface area is 108 Å². The van der Waals surface area contributed by atoms with Gasteiger partial charge in [-0.1, -0.05) is 31.5 Å². The molecule has 1 rings (SSSR count). The number of hydrogen-bond acceptors (Lipinski definition) is 2. The molecule has 0 aliphatic carbocycles. The Bertz CT molecular complexity index is 379. The molecule has 1 aromatic carbocycles. The van der Waals surface area contributed by atoms with Crippen molar-refractivity contribution in [1.82, 2.24) is 0 Å². The first-order valence-electron chi connectivity index (χ1n) is 5.17. The minimum absolute atomic E-state index is 0.184. The molecular formula is C12H16ClOPS. The van der Waals surface area contributed by atoms with Crippen LogP contribution in [0.5, 0.6) is 0 Å². The van der Waals surface area contributed by atoms with E-state index in [0.29, 0.717) is 25.1 Å². The number of rotatable bonds is 5. The SMILES string of the molecule is CSc1cccc(Cl)c1C(=O)PCC(C)C. The molecule has 0 N–H and O–H groups in total. The summed E-state index contributed by atoms with van der Waals surface area (Å²) in [6.45, 7) is 4.25. The first kappa shape index (κ1) is 14.0. The van der Waals surface area contributed by atoms with E-state index in [1.807, 2.05) is 18.4 Å². The largest absolute Gasteiger partial charge is 0.289 e. The van der Waals surface area contributed by atoms with E-state index in [1.165, 1.54) is 0 Å². The average Bonchev–Trinajstić information content (AvgIpc) is 2.25. The predicted molar refractivity (Wildman–Crippen MR) is 75.6 cm³/mol. The summed E-state index contributed by atoms with van der Waals surface area (Å²) in [4.78, 5) is 13.0. The molecule has 0 aliphatic heterocycles. The molecule has 1 atom stereocenters. The number of carbonyl (C=O) groups is 1. The third-order valence-electron chi connectivity index (χ3n) is 2.09. The first-order chi connectivity index (χ1) is 7.56. The van der Waals surface area contributed by atoms with Gasteiger partial charge in [0.05, 0.1) is 10.6 Å². The standard InChI is InChI=1S/C12H16ClOPS/c1-8(2)7-15-12(14)11-9(13)5-4-6-10(11)16-3/h4-6,8,15H,7H2,1-3H3. The molecule has 0 radical (unpaired) electrons. The Kier molecular flexibility index (Phi) is 5.82. The summed E-state index contributed by atoms with van der Waals surface area (Å²) >= 11 is 7.66. The Balaban J connectivity index is 2.89. The minimum Gasteiger partial charge on any atom is -0.289 e. The zero-order valence-corrected chi connectivity index (χ0v) is 12.3. The summed E-state index contributed by atoms with van der Waals surface area (Å²) in [6, 6.07) is 5.62. The molecule has 0 aromatic heterocycles. The highest BCUT2D eigenvalue weighted by molar-refractivity contribution is 7.98. The van der Waals surface area contributed by atoms with Gasteiger partial charge < -0.3 is 0 Å². The van der Waals surface area contributed by atoms with Crippen LogP contribution in [0, 0.1) is 5.92 Å². The van der Waals surface area contributed by atoms with E-state index < -0.39 is 0 Å². The summed E-state index contributed by atoms with van der Waals surface area (Å²) in [5.41, 5.74) is 0.888. The van der Waals surface area contributed by atoms with E-state index in [9.17, 15) is 4.79 Å². The highest BCUT2D eigenvalue weighted by atomic mass is 35.5. The molecular weight excluding hydrogens is 259 g/mol. The van der Waals surface area contributed by atoms with Crippen LogP contribution < -0.4 is 0 Å². The van der Waals surface area contributed by atoms with Crippen LogP contribution in [0.15, 0.2) is 23.1 Å². The fraction of sp³-hybridized carbons (Fsp3) is 0.417. The molecule has 1 aromatic rings. The molecule has 0 spiro atoms. The van der Waals surface area contributed by atoms with Crippen molar-refractivity contribution in [3.05, 3.63) is 28.8 Å². The van der Waals surface area contributed by atoms with E-state index in [2.05, 4.69) is 13.8 Å². The van der Waals surface area contributed by atoms with Crippen LogP contribution in [0.4, 0.5) is 0 Å². The maximum atomic E-state index is 12.1. The van der Waals surface area contributed by atoms with E-state index in [-0.39, 0.29) is 5.52 Å². The quantitative estimate of drug-likeness (QED) is 0.579. The predicted octanol–water partition coefficient (Wildman–Crippen LogP) is 4.54. The van der Waals surface area contributed by atoms with Crippen molar-refractivity contribution >= 4 is 37.5 Å². The molecule has 0 bridgehead atoms. The average molecular weight is 275 g/mol. The van der Waals surface area contributed by atoms with Crippen LogP contribution in [0.3, 0.4) is 0 Å². The zero-order valence-electron chi connectivity index (χ0n) is 9.71. The second kappa shape index (κ2) is 6.64. The van der Waals surface area contributed by atoms with E-state index >= 15 is 0 Å². The van der Waals surface area contributed by atoms with Crippen LogP contribution in [0.1, 0.15) is 24.2 Å². The second-order valence-electron chi connectivity index (χ2n) is 3.92. The summed E-state index contributed by atoms with van der Waals surface area (Å²) in [5.74, 6) is 0.558. The smallest absolute Gasteiger partial charge is 0.183 e. The third kappa shape index (κ3) is 3.76. The van der Waals surface area contributed by atoms with Gasteiger partial charge in [0.15, 0.2) is 5.52 Å². The third-order valence-corrected chi connectivity index (χ3v) is 4.78. The Morgan fingerprint density at radius 1 is 1.50 bits per heavy atom. The van der Waals surface area contributed by atoms with Crippen molar-refractivity contribution in [2.45, 2.75) is 18.7 Å². The summed E-state index contributed by atoms with van der Waals surface area (Å²) in [6.07, 6.45) is 2.91. The van der Waals surface area contributed by atoms with Gasteiger partial charge in [-0.25, -0.2) is 0 Å². The molecule has 0 saturated heterocycles. The lowest BCUT2D eigenvalue weighted by Gasteiger charge is -2.09. The van der Waals surface area contributed by atoms with Gasteiger partial charge in [-0.2, -0.15) is 0 Å². The van der Waals surface area contributed by atoms with Gasteiger partial charge in [0.1, 0.15) is 0 Å². The topological polar surface area (TPSA) is 17.1 Å². The molecule has 0 heterocycles. The number of hydrogen-bond donors (Lipinski definition) is 0. The Hall–Kier alpha value is -0.0400. The molecule has 0 amide bonds. The summed E-state index contributed by atoms with van der Waals surface area (Å²) < 4.78 is 0. The molecule has 88 valence electrons. The van der Waals surface area contributed by atoms with Crippen molar-refractivity contribution in [2.75, 3.05) is 12.4 Å². The lowest BCUT2D eigenvalue weighted by atomic mass is 10.2. The van der Waals surface area contributed by atoms with E-state index in [1.54, 1.807) is 17.8 Å². The number of thioether (sulfide) groups is 1. The summed E-state index contributed by atoms with van der Waals surface area (Å²) in [5, 5.41) is 0.577. The van der Waals surface area contributed by atoms with Crippen molar-refractivity contribution in [1.29, 1.82) is 0 Å². The maximum absolute atomic E-state index is 12.1. The lowest BCUT2D eigenvalue weighted by Crippen LogP contribution is -1.99. The van der Waals surface area contributed by atoms with Crippen LogP contribution in [0.25, 0.3) is 0 Å². The lowest BCUT2D eigenvalue weighted by molar-refractivity contribution is 0.108. The van der Waals surface area contributed by atoms with Gasteiger partial charge in [0, 0.05) is 4.90 Å². The number of halogens is 1. The fourth-order valence-electron chi connectivity index (χ4n) is 1.28. The zero-order chi connectivity index (χ0) is 12.1. The fourth-order valence-corrected chi connectivity index (χ4v) is 3.43. The van der Waals surface area contributed by atoms with Crippen molar-refractivity contribution < 1.29 is 4.79 Å². The minimum atomic E-state index is 0.184. The Morgan fingerprint density at radius 3 is 2.75 bits per heavy atom. The van der Waals surface area contributed by atoms with Crippen LogP contribution in [0.2, 0.25) is 5.02 Å². The van der Waals surface area contributed by atoms with Crippen molar-refractivity contribution in [3.8, 4) is 0 Å². The number of benzene rings is 1. The van der Waals surface area contributed by atoms with Crippen LogP contribution >= 0.6 is 31.9 Å². The van der Waals surface area contributed by atoms with E-state index in [4.69, 9.17) is 11.6 Å². The Morgan fingerprint density at radius 2 is 2.19 bits per heavy atom. The van der Waals surface area contributed by atoms with Crippen molar-refractivity contribution in [2.24, 2.45) is 5.92 Å². The highest BCUT2D eigenvalue weighted by Crippen LogP contribution is 2.33.